The van der Waals surface area contributed by atoms with E-state index in [-0.39, 0.29) is 29.6 Å². The van der Waals surface area contributed by atoms with E-state index in [0.717, 1.165) is 22.7 Å². The summed E-state index contributed by atoms with van der Waals surface area (Å²) in [5, 5.41) is 5.85. The maximum atomic E-state index is 14.5. The molecule has 6 atom stereocenters. The maximum Gasteiger partial charge on any atom is 0.363 e. The number of rotatable bonds is 6. The Morgan fingerprint density at radius 3 is 2.50 bits per heavy atom. The third kappa shape index (κ3) is 6.14. The summed E-state index contributed by atoms with van der Waals surface area (Å²) in [5.41, 5.74) is 5.03. The van der Waals surface area contributed by atoms with Crippen LogP contribution in [0.25, 0.3) is 10.1 Å². The summed E-state index contributed by atoms with van der Waals surface area (Å²) in [6, 6.07) is 1.80. The van der Waals surface area contributed by atoms with Gasteiger partial charge in [-0.25, -0.2) is 13.6 Å². The van der Waals surface area contributed by atoms with Gasteiger partial charge in [-0.1, -0.05) is 18.9 Å². The van der Waals surface area contributed by atoms with Gasteiger partial charge >= 0.3 is 13.6 Å². The van der Waals surface area contributed by atoms with Gasteiger partial charge in [0.25, 0.3) is 5.91 Å². The van der Waals surface area contributed by atoms with E-state index < -0.39 is 61.6 Å². The van der Waals surface area contributed by atoms with Crippen LogP contribution in [0.15, 0.2) is 24.3 Å². The Hall–Kier alpha value is -3.13. The molecule has 0 radical (unpaired) electrons. The number of primary amides is 1. The first-order chi connectivity index (χ1) is 19.8. The van der Waals surface area contributed by atoms with Crippen molar-refractivity contribution in [3.63, 3.8) is 0 Å². The summed E-state index contributed by atoms with van der Waals surface area (Å²) in [4.78, 5) is 72.8. The van der Waals surface area contributed by atoms with E-state index in [2.05, 4.69) is 10.6 Å². The molecular weight excluding hydrogens is 595 g/mol. The van der Waals surface area contributed by atoms with Crippen molar-refractivity contribution in [1.29, 1.82) is 0 Å². The fourth-order valence-electron chi connectivity index (χ4n) is 6.03. The van der Waals surface area contributed by atoms with Crippen molar-refractivity contribution in [2.75, 3.05) is 13.1 Å². The van der Waals surface area contributed by atoms with Crippen molar-refractivity contribution >= 4 is 52.8 Å². The number of halogens is 2. The van der Waals surface area contributed by atoms with E-state index in [4.69, 9.17) is 15.5 Å². The molecule has 42 heavy (non-hydrogen) atoms. The van der Waals surface area contributed by atoms with Gasteiger partial charge in [0.2, 0.25) is 17.7 Å². The minimum absolute atomic E-state index is 0.0625. The third-order valence-electron chi connectivity index (χ3n) is 8.17. The van der Waals surface area contributed by atoms with Crippen molar-refractivity contribution in [2.45, 2.75) is 74.8 Å². The van der Waals surface area contributed by atoms with Crippen LogP contribution < -0.4 is 16.4 Å². The minimum atomic E-state index is -5.00. The second kappa shape index (κ2) is 11.9. The number of nitrogens with zero attached hydrogens (tertiary/aromatic N) is 2. The lowest BCUT2D eigenvalue weighted by atomic mass is 9.99. The fourth-order valence-corrected chi connectivity index (χ4v) is 7.52. The number of nitrogens with two attached hydrogens (primary N) is 1. The summed E-state index contributed by atoms with van der Waals surface area (Å²) < 4.78 is 40.6. The number of thiophene rings is 1. The van der Waals surface area contributed by atoms with Gasteiger partial charge in [-0.15, -0.1) is 11.3 Å². The standard InChI is InChI=1S/C26H32F2N5O7PS/c27-16-11-32(26(29)37)12-18(16)31-23(34)19-7-6-15-3-1-2-4-17(25(36)33(15)19)30-24(35)21-10-14-9-13(5-8-20(14)42-21)22(28)41(38,39)40/h5,8-10,15-19,22H,1-4,6-7,11-12H2,(H2,29,37)(H,30,35)(H,31,34)(H2,38,39,40)/t15-,16-,17-,18-,19-,22?/m0/s1. The Morgan fingerprint density at radius 2 is 1.81 bits per heavy atom. The molecule has 1 aromatic carbocycles. The lowest BCUT2D eigenvalue weighted by Crippen LogP contribution is -2.57. The summed E-state index contributed by atoms with van der Waals surface area (Å²) in [6.07, 6.45) is 2.00. The molecule has 3 aliphatic rings. The second-order valence-electron chi connectivity index (χ2n) is 11.0. The fraction of sp³-hybridized carbons (Fsp3) is 0.538. The Labute approximate surface area is 243 Å². The van der Waals surface area contributed by atoms with Crippen LogP contribution in [-0.4, -0.2) is 86.8 Å². The van der Waals surface area contributed by atoms with Crippen LogP contribution in [0.2, 0.25) is 0 Å². The molecule has 5 rings (SSSR count). The van der Waals surface area contributed by atoms with Gasteiger partial charge in [-0.05, 0) is 54.8 Å². The highest BCUT2D eigenvalue weighted by Gasteiger charge is 2.45. The number of amides is 5. The van der Waals surface area contributed by atoms with Gasteiger partial charge in [0.05, 0.1) is 17.5 Å². The number of benzene rings is 1. The lowest BCUT2D eigenvalue weighted by molar-refractivity contribution is -0.143. The number of carbonyl (C=O) groups excluding carboxylic acids is 4. The van der Waals surface area contributed by atoms with Gasteiger partial charge in [0.1, 0.15) is 18.3 Å². The van der Waals surface area contributed by atoms with E-state index >= 15 is 0 Å². The maximum absolute atomic E-state index is 14.5. The van der Waals surface area contributed by atoms with E-state index in [0.29, 0.717) is 42.2 Å². The number of hydrogen-bond acceptors (Lipinski definition) is 6. The number of nitrogens with one attached hydrogen (secondary N) is 2. The Balaban J connectivity index is 1.30. The molecule has 16 heteroatoms. The number of likely N-dealkylation sites (tertiary alicyclic amines) is 1. The van der Waals surface area contributed by atoms with Gasteiger partial charge in [0, 0.05) is 17.3 Å². The molecular formula is C26H32F2N5O7PS. The summed E-state index contributed by atoms with van der Waals surface area (Å²) in [7, 11) is -5.00. The van der Waals surface area contributed by atoms with Crippen LogP contribution in [0, 0.1) is 0 Å². The zero-order chi connectivity index (χ0) is 30.3. The highest BCUT2D eigenvalue weighted by atomic mass is 32.1. The van der Waals surface area contributed by atoms with Crippen molar-refractivity contribution in [3.8, 4) is 0 Å². The third-order valence-corrected chi connectivity index (χ3v) is 10.2. The molecule has 0 bridgehead atoms. The predicted octanol–water partition coefficient (Wildman–Crippen LogP) is 2.30. The van der Waals surface area contributed by atoms with Crippen molar-refractivity contribution < 1.29 is 42.3 Å². The number of urea groups is 1. The van der Waals surface area contributed by atoms with Gasteiger partial charge in [-0.2, -0.15) is 0 Å². The quantitative estimate of drug-likeness (QED) is 0.305. The monoisotopic (exact) mass is 627 g/mol. The Morgan fingerprint density at radius 1 is 1.07 bits per heavy atom. The largest absolute Gasteiger partial charge is 0.363 e. The molecule has 5 amide bonds. The molecule has 3 fully saturated rings. The molecule has 0 aliphatic carbocycles. The molecule has 0 spiro atoms. The van der Waals surface area contributed by atoms with Crippen molar-refractivity contribution in [2.24, 2.45) is 5.73 Å². The first-order valence-corrected chi connectivity index (χ1v) is 16.2. The van der Waals surface area contributed by atoms with Crippen LogP contribution in [0.5, 0.6) is 0 Å². The molecule has 228 valence electrons. The number of hydrogen-bond donors (Lipinski definition) is 5. The molecule has 3 saturated heterocycles. The van der Waals surface area contributed by atoms with Gasteiger partial charge < -0.3 is 36.0 Å². The van der Waals surface area contributed by atoms with E-state index in [1.807, 2.05) is 0 Å². The van der Waals surface area contributed by atoms with E-state index in [1.165, 1.54) is 29.2 Å². The molecule has 4 heterocycles. The molecule has 0 saturated carbocycles. The van der Waals surface area contributed by atoms with Crippen LogP contribution in [0.1, 0.15) is 59.7 Å². The lowest BCUT2D eigenvalue weighted by Gasteiger charge is -2.35. The predicted molar refractivity (Wildman–Crippen MR) is 149 cm³/mol. The first-order valence-electron chi connectivity index (χ1n) is 13.7. The number of alkyl halides is 2. The van der Waals surface area contributed by atoms with Crippen LogP contribution in [0.4, 0.5) is 13.6 Å². The van der Waals surface area contributed by atoms with Crippen molar-refractivity contribution in [3.05, 3.63) is 34.7 Å². The van der Waals surface area contributed by atoms with Gasteiger partial charge in [0.15, 0.2) is 0 Å². The minimum Gasteiger partial charge on any atom is -0.351 e. The first kappa shape index (κ1) is 30.3. The topological polar surface area (TPSA) is 182 Å². The highest BCUT2D eigenvalue weighted by molar-refractivity contribution is 7.51. The smallest absolute Gasteiger partial charge is 0.351 e. The molecule has 12 nitrogen and oxygen atoms in total. The molecule has 6 N–H and O–H groups in total. The molecule has 3 aliphatic heterocycles. The number of carbonyl (C=O) groups is 4. The van der Waals surface area contributed by atoms with Crippen LogP contribution >= 0.6 is 18.9 Å². The normalized spacial score (nSPS) is 27.3. The molecule has 1 aromatic heterocycles. The summed E-state index contributed by atoms with van der Waals surface area (Å²) >= 11 is 1.09. The second-order valence-corrected chi connectivity index (χ2v) is 13.7. The van der Waals surface area contributed by atoms with Crippen LogP contribution in [-0.2, 0) is 14.2 Å². The Kier molecular flexibility index (Phi) is 8.57. The van der Waals surface area contributed by atoms with Gasteiger partial charge in [-0.3, -0.25) is 18.9 Å². The SMILES string of the molecule is NC(=O)N1C[C@H](NC(=O)[C@@H]2CC[C@@H]3CCCC[C@H](NC(=O)c4cc5cc(C(F)P(=O)(O)O)ccc5s4)C(=O)N32)[C@@H](F)C1. The molecule has 1 unspecified atom stereocenters. The van der Waals surface area contributed by atoms with Crippen LogP contribution in [0.3, 0.4) is 0 Å². The summed E-state index contributed by atoms with van der Waals surface area (Å²) in [6.45, 7) is -0.283. The Bertz CT molecular complexity index is 1450. The average Bonchev–Trinajstić information content (AvgIpc) is 3.64. The number of fused-ring (bicyclic) bond motifs is 2. The average molecular weight is 628 g/mol. The summed E-state index contributed by atoms with van der Waals surface area (Å²) in [5.74, 6) is -3.95. The zero-order valence-corrected chi connectivity index (χ0v) is 24.2. The highest BCUT2D eigenvalue weighted by Crippen LogP contribution is 2.53. The molecule has 2 aromatic rings. The van der Waals surface area contributed by atoms with E-state index in [9.17, 15) is 32.5 Å². The van der Waals surface area contributed by atoms with Crippen molar-refractivity contribution in [1.82, 2.24) is 20.4 Å². The van der Waals surface area contributed by atoms with E-state index in [1.54, 1.807) is 0 Å². The zero-order valence-electron chi connectivity index (χ0n) is 22.4.